The molecule has 3 aliphatic rings. The van der Waals surface area contributed by atoms with Crippen LogP contribution in [0.2, 0.25) is 0 Å². The van der Waals surface area contributed by atoms with Gasteiger partial charge in [-0.1, -0.05) is 24.3 Å². The SMILES string of the molecule is CO[C@@]1(C)OO[C@](C)(O)C12[C@@H]1CC[C@H]2c2ccccc21. The van der Waals surface area contributed by atoms with Gasteiger partial charge in [-0.05, 0) is 37.8 Å². The topological polar surface area (TPSA) is 47.9 Å². The molecule has 108 valence electrons. The van der Waals surface area contributed by atoms with E-state index >= 15 is 0 Å². The maximum absolute atomic E-state index is 10.9. The third-order valence-electron chi connectivity index (χ3n) is 5.86. The second kappa shape index (κ2) is 3.63. The summed E-state index contributed by atoms with van der Waals surface area (Å²) in [4.78, 5) is 10.8. The zero-order valence-electron chi connectivity index (χ0n) is 12.1. The van der Waals surface area contributed by atoms with E-state index in [-0.39, 0.29) is 11.8 Å². The van der Waals surface area contributed by atoms with Gasteiger partial charge in [0, 0.05) is 18.9 Å². The normalized spacial score (nSPS) is 49.0. The summed E-state index contributed by atoms with van der Waals surface area (Å²) in [5, 5.41) is 10.9. The van der Waals surface area contributed by atoms with Crippen LogP contribution in [0.1, 0.15) is 49.7 Å². The van der Waals surface area contributed by atoms with Crippen molar-refractivity contribution in [3.05, 3.63) is 35.4 Å². The molecule has 2 bridgehead atoms. The smallest absolute Gasteiger partial charge is 0.210 e. The molecule has 1 unspecified atom stereocenters. The Hall–Kier alpha value is -0.940. The van der Waals surface area contributed by atoms with Gasteiger partial charge in [-0.2, -0.15) is 9.78 Å². The molecule has 1 aliphatic heterocycles. The summed E-state index contributed by atoms with van der Waals surface area (Å²) in [6.45, 7) is 3.58. The van der Waals surface area contributed by atoms with Gasteiger partial charge in [-0.3, -0.25) is 0 Å². The lowest BCUT2D eigenvalue weighted by Crippen LogP contribution is -2.56. The Morgan fingerprint density at radius 3 is 2.15 bits per heavy atom. The second-order valence-corrected chi connectivity index (χ2v) is 6.48. The molecule has 1 spiro atoms. The maximum Gasteiger partial charge on any atom is 0.210 e. The van der Waals surface area contributed by atoms with Crippen LogP contribution in [-0.4, -0.2) is 23.8 Å². The summed E-state index contributed by atoms with van der Waals surface area (Å²) in [6, 6.07) is 8.43. The lowest BCUT2D eigenvalue weighted by Gasteiger charge is -2.44. The maximum atomic E-state index is 10.9. The van der Waals surface area contributed by atoms with Gasteiger partial charge in [-0.15, -0.1) is 0 Å². The van der Waals surface area contributed by atoms with E-state index < -0.39 is 17.0 Å². The molecule has 1 aromatic carbocycles. The van der Waals surface area contributed by atoms with Crippen molar-refractivity contribution in [1.82, 2.24) is 0 Å². The molecule has 20 heavy (non-hydrogen) atoms. The number of benzene rings is 1. The number of hydrogen-bond acceptors (Lipinski definition) is 4. The molecule has 1 saturated carbocycles. The van der Waals surface area contributed by atoms with Crippen LogP contribution >= 0.6 is 0 Å². The zero-order chi connectivity index (χ0) is 14.2. The van der Waals surface area contributed by atoms with E-state index in [0.29, 0.717) is 0 Å². The van der Waals surface area contributed by atoms with Crippen molar-refractivity contribution < 1.29 is 19.6 Å². The van der Waals surface area contributed by atoms with Crippen LogP contribution < -0.4 is 0 Å². The minimum Gasteiger partial charge on any atom is -0.363 e. The summed E-state index contributed by atoms with van der Waals surface area (Å²) in [5.74, 6) is -1.90. The van der Waals surface area contributed by atoms with E-state index in [1.54, 1.807) is 14.0 Å². The van der Waals surface area contributed by atoms with Crippen LogP contribution in [-0.2, 0) is 14.5 Å². The lowest BCUT2D eigenvalue weighted by molar-refractivity contribution is -0.418. The average Bonchev–Trinajstić information content (AvgIpc) is 3.05. The molecule has 1 N–H and O–H groups in total. The molecular weight excluding hydrogens is 256 g/mol. The third kappa shape index (κ3) is 1.11. The number of ether oxygens (including phenoxy) is 1. The summed E-state index contributed by atoms with van der Waals surface area (Å²) in [7, 11) is 1.62. The molecule has 5 atom stereocenters. The average molecular weight is 276 g/mol. The fourth-order valence-electron chi connectivity index (χ4n) is 5.18. The van der Waals surface area contributed by atoms with Crippen molar-refractivity contribution in [2.24, 2.45) is 5.41 Å². The van der Waals surface area contributed by atoms with E-state index in [1.165, 1.54) is 11.1 Å². The Balaban J connectivity index is 1.98. The second-order valence-electron chi connectivity index (χ2n) is 6.48. The first-order chi connectivity index (χ1) is 9.48. The molecule has 2 fully saturated rings. The van der Waals surface area contributed by atoms with Crippen LogP contribution in [0, 0.1) is 5.41 Å². The molecular formula is C16H20O4. The Labute approximate surface area is 118 Å². The first-order valence-electron chi connectivity index (χ1n) is 7.21. The fourth-order valence-corrected chi connectivity index (χ4v) is 5.18. The van der Waals surface area contributed by atoms with Gasteiger partial charge in [0.2, 0.25) is 11.6 Å². The predicted octanol–water partition coefficient (Wildman–Crippen LogP) is 2.68. The number of rotatable bonds is 1. The molecule has 0 amide bonds. The minimum absolute atomic E-state index is 0.200. The van der Waals surface area contributed by atoms with Gasteiger partial charge >= 0.3 is 0 Å². The van der Waals surface area contributed by atoms with Crippen molar-refractivity contribution >= 4 is 0 Å². The van der Waals surface area contributed by atoms with Crippen molar-refractivity contribution in [1.29, 1.82) is 0 Å². The molecule has 4 heteroatoms. The largest absolute Gasteiger partial charge is 0.363 e. The van der Waals surface area contributed by atoms with Gasteiger partial charge in [0.05, 0.1) is 5.41 Å². The fraction of sp³-hybridized carbons (Fsp3) is 0.625. The highest BCUT2D eigenvalue weighted by Crippen LogP contribution is 2.75. The molecule has 1 aromatic rings. The molecule has 0 radical (unpaired) electrons. The molecule has 1 saturated heterocycles. The van der Waals surface area contributed by atoms with Crippen LogP contribution in [0.25, 0.3) is 0 Å². The lowest BCUT2D eigenvalue weighted by atomic mass is 9.64. The quantitative estimate of drug-likeness (QED) is 0.801. The molecule has 4 rings (SSSR count). The monoisotopic (exact) mass is 276 g/mol. The summed E-state index contributed by atoms with van der Waals surface area (Å²) in [6.07, 6.45) is 2.06. The first-order valence-corrected chi connectivity index (χ1v) is 7.21. The number of hydrogen-bond donors (Lipinski definition) is 1. The van der Waals surface area contributed by atoms with Crippen LogP contribution in [0.5, 0.6) is 0 Å². The zero-order valence-corrected chi connectivity index (χ0v) is 12.1. The third-order valence-corrected chi connectivity index (χ3v) is 5.86. The number of methoxy groups -OCH3 is 1. The van der Waals surface area contributed by atoms with Crippen LogP contribution in [0.3, 0.4) is 0 Å². The standard InChI is InChI=1S/C16H20O4/c1-14(17)16(15(2,18-3)20-19-14)12-8-9-13(16)11-7-5-4-6-10(11)12/h4-7,12-13,17H,8-9H2,1-3H3/t12-,13+,14-,15-,16?/m0/s1. The summed E-state index contributed by atoms with van der Waals surface area (Å²) in [5.41, 5.74) is 2.03. The number of aliphatic hydroxyl groups is 1. The minimum atomic E-state index is -1.36. The molecule has 2 aliphatic carbocycles. The van der Waals surface area contributed by atoms with Gasteiger partial charge in [0.1, 0.15) is 0 Å². The van der Waals surface area contributed by atoms with Crippen LogP contribution in [0.15, 0.2) is 24.3 Å². The van der Waals surface area contributed by atoms with Crippen molar-refractivity contribution in [2.75, 3.05) is 7.11 Å². The van der Waals surface area contributed by atoms with E-state index in [2.05, 4.69) is 24.3 Å². The molecule has 1 heterocycles. The summed E-state index contributed by atoms with van der Waals surface area (Å²) < 4.78 is 5.68. The Bertz CT molecular complexity index is 536. The van der Waals surface area contributed by atoms with E-state index in [1.807, 2.05) is 6.92 Å². The number of fused-ring (bicyclic) bond motifs is 3. The predicted molar refractivity (Wildman–Crippen MR) is 71.8 cm³/mol. The highest BCUT2D eigenvalue weighted by atomic mass is 17.3. The highest BCUT2D eigenvalue weighted by molar-refractivity contribution is 5.48. The summed E-state index contributed by atoms with van der Waals surface area (Å²) >= 11 is 0. The van der Waals surface area contributed by atoms with E-state index in [9.17, 15) is 5.11 Å². The van der Waals surface area contributed by atoms with Crippen molar-refractivity contribution in [3.8, 4) is 0 Å². The molecule has 4 nitrogen and oxygen atoms in total. The van der Waals surface area contributed by atoms with Gasteiger partial charge in [0.15, 0.2) is 0 Å². The van der Waals surface area contributed by atoms with Gasteiger partial charge < -0.3 is 9.84 Å². The van der Waals surface area contributed by atoms with Gasteiger partial charge in [-0.25, -0.2) is 0 Å². The Kier molecular flexibility index (Phi) is 2.32. The first kappa shape index (κ1) is 12.8. The van der Waals surface area contributed by atoms with E-state index in [0.717, 1.165) is 12.8 Å². The molecule has 0 aromatic heterocycles. The van der Waals surface area contributed by atoms with Crippen molar-refractivity contribution in [2.45, 2.75) is 50.1 Å². The van der Waals surface area contributed by atoms with Gasteiger partial charge in [0.25, 0.3) is 0 Å². The van der Waals surface area contributed by atoms with Crippen molar-refractivity contribution in [3.63, 3.8) is 0 Å². The Morgan fingerprint density at radius 2 is 1.65 bits per heavy atom. The Morgan fingerprint density at radius 1 is 1.10 bits per heavy atom. The highest BCUT2D eigenvalue weighted by Gasteiger charge is 2.79. The van der Waals surface area contributed by atoms with Crippen LogP contribution in [0.4, 0.5) is 0 Å². The van der Waals surface area contributed by atoms with E-state index in [4.69, 9.17) is 14.5 Å².